The van der Waals surface area contributed by atoms with E-state index < -0.39 is 6.09 Å². The van der Waals surface area contributed by atoms with E-state index in [-0.39, 0.29) is 24.7 Å². The second-order valence-electron chi connectivity index (χ2n) is 8.91. The smallest absolute Gasteiger partial charge is 0.293 e. The Morgan fingerprint density at radius 2 is 2.11 bits per heavy atom. The van der Waals surface area contributed by atoms with E-state index in [2.05, 4.69) is 27.2 Å². The minimum Gasteiger partial charge on any atom is -0.530 e. The first-order valence-corrected chi connectivity index (χ1v) is 11.9. The lowest BCUT2D eigenvalue weighted by Gasteiger charge is -2.34. The SMILES string of the molecule is CC#CCn1c(N2CCCC(NC(=O)[O-])C2)nc2cnn(Cc3nc(C)cc4ccccc34)c(=O)c21. The van der Waals surface area contributed by atoms with Crippen molar-refractivity contribution in [1.29, 1.82) is 0 Å². The van der Waals surface area contributed by atoms with Crippen molar-refractivity contribution >= 4 is 33.8 Å². The van der Waals surface area contributed by atoms with Crippen LogP contribution in [0.15, 0.2) is 41.3 Å². The fourth-order valence-corrected chi connectivity index (χ4v) is 4.86. The standard InChI is InChI=1S/C26H27N7O3/c1-3-4-12-32-23-21(30-25(32)31-11-7-9-19(15-31)29-26(35)36)14-27-33(24(23)34)16-22-20-10-6-5-8-18(20)13-17(2)28-22/h5-6,8,10,13-14,19,29H,7,9,11-12,15-16H2,1-2H3,(H,35,36)/p-1. The normalized spacial score (nSPS) is 15.6. The Hall–Kier alpha value is -4.39. The van der Waals surface area contributed by atoms with E-state index in [0.717, 1.165) is 28.6 Å². The molecule has 1 fully saturated rings. The second-order valence-corrected chi connectivity index (χ2v) is 8.91. The third-order valence-corrected chi connectivity index (χ3v) is 6.42. The number of carbonyl (C=O) groups excluding carboxylic acids is 1. The first-order valence-electron chi connectivity index (χ1n) is 11.9. The van der Waals surface area contributed by atoms with Crippen LogP contribution in [-0.2, 0) is 13.1 Å². The fourth-order valence-electron chi connectivity index (χ4n) is 4.86. The molecular formula is C26H26N7O3-. The number of aromatic nitrogens is 5. The molecular weight excluding hydrogens is 458 g/mol. The number of anilines is 1. The predicted molar refractivity (Wildman–Crippen MR) is 135 cm³/mol. The van der Waals surface area contributed by atoms with E-state index >= 15 is 0 Å². The molecule has 1 unspecified atom stereocenters. The van der Waals surface area contributed by atoms with Crippen LogP contribution in [0.25, 0.3) is 21.8 Å². The van der Waals surface area contributed by atoms with Crippen molar-refractivity contribution in [2.45, 2.75) is 45.8 Å². The minimum absolute atomic E-state index is 0.220. The van der Waals surface area contributed by atoms with Crippen LogP contribution in [0, 0.1) is 18.8 Å². The average molecular weight is 485 g/mol. The van der Waals surface area contributed by atoms with Crippen molar-refractivity contribution in [2.75, 3.05) is 18.0 Å². The third kappa shape index (κ3) is 4.47. The Balaban J connectivity index is 1.58. The topological polar surface area (TPSA) is 121 Å². The number of benzene rings is 1. The van der Waals surface area contributed by atoms with E-state index in [1.165, 1.54) is 4.68 Å². The molecule has 1 aliphatic heterocycles. The summed E-state index contributed by atoms with van der Waals surface area (Å²) in [6, 6.07) is 9.69. The second kappa shape index (κ2) is 9.70. The summed E-state index contributed by atoms with van der Waals surface area (Å²) in [5.41, 5.74) is 2.24. The number of nitrogens with one attached hydrogen (secondary N) is 1. The molecule has 1 amide bonds. The number of nitrogens with zero attached hydrogens (tertiary/aromatic N) is 6. The molecule has 4 aromatic rings. The molecule has 4 heterocycles. The Kier molecular flexibility index (Phi) is 6.29. The zero-order valence-electron chi connectivity index (χ0n) is 20.2. The minimum atomic E-state index is -1.29. The van der Waals surface area contributed by atoms with E-state index in [0.29, 0.717) is 36.5 Å². The monoisotopic (exact) mass is 484 g/mol. The third-order valence-electron chi connectivity index (χ3n) is 6.42. The summed E-state index contributed by atoms with van der Waals surface area (Å²) < 4.78 is 3.21. The van der Waals surface area contributed by atoms with Gasteiger partial charge in [0.2, 0.25) is 5.95 Å². The highest BCUT2D eigenvalue weighted by Gasteiger charge is 2.26. The van der Waals surface area contributed by atoms with Crippen LogP contribution < -0.4 is 20.9 Å². The van der Waals surface area contributed by atoms with E-state index in [1.54, 1.807) is 17.7 Å². The summed E-state index contributed by atoms with van der Waals surface area (Å²) in [6.07, 6.45) is 1.79. The summed E-state index contributed by atoms with van der Waals surface area (Å²) in [7, 11) is 0. The van der Waals surface area contributed by atoms with Crippen LogP contribution in [0.3, 0.4) is 0 Å². The zero-order chi connectivity index (χ0) is 25.2. The van der Waals surface area contributed by atoms with Crippen LogP contribution in [0.1, 0.15) is 31.2 Å². The molecule has 1 aromatic carbocycles. The van der Waals surface area contributed by atoms with Gasteiger partial charge in [0.05, 0.1) is 25.0 Å². The summed E-state index contributed by atoms with van der Waals surface area (Å²) in [5, 5.41) is 20.0. The fraction of sp³-hybridized carbons (Fsp3) is 0.346. The molecule has 0 spiro atoms. The predicted octanol–water partition coefficient (Wildman–Crippen LogP) is 1.42. The van der Waals surface area contributed by atoms with Crippen molar-refractivity contribution in [3.8, 4) is 11.8 Å². The number of aryl methyl sites for hydroxylation is 1. The lowest BCUT2D eigenvalue weighted by molar-refractivity contribution is -0.251. The lowest BCUT2D eigenvalue weighted by atomic mass is 10.1. The van der Waals surface area contributed by atoms with Crippen LogP contribution in [-0.4, -0.2) is 49.5 Å². The molecule has 10 nitrogen and oxygen atoms in total. The molecule has 0 aliphatic carbocycles. The maximum Gasteiger partial charge on any atom is 0.293 e. The average Bonchev–Trinajstić information content (AvgIpc) is 3.23. The number of rotatable bonds is 5. The van der Waals surface area contributed by atoms with Crippen LogP contribution >= 0.6 is 0 Å². The molecule has 0 bridgehead atoms. The highest BCUT2D eigenvalue weighted by Crippen LogP contribution is 2.24. The van der Waals surface area contributed by atoms with E-state index in [4.69, 9.17) is 4.98 Å². The Bertz CT molecular complexity index is 1580. The number of fused-ring (bicyclic) bond motifs is 2. The van der Waals surface area contributed by atoms with Gasteiger partial charge in [-0.3, -0.25) is 14.3 Å². The molecule has 5 rings (SSSR count). The number of piperidine rings is 1. The first kappa shape index (κ1) is 23.4. The number of hydrogen-bond donors (Lipinski definition) is 1. The van der Waals surface area contributed by atoms with Gasteiger partial charge in [-0.15, -0.1) is 5.92 Å². The van der Waals surface area contributed by atoms with Gasteiger partial charge in [0.1, 0.15) is 17.1 Å². The molecule has 184 valence electrons. The largest absolute Gasteiger partial charge is 0.530 e. The number of hydrogen-bond acceptors (Lipinski definition) is 7. The van der Waals surface area contributed by atoms with Gasteiger partial charge >= 0.3 is 0 Å². The number of amides is 1. The van der Waals surface area contributed by atoms with Crippen molar-refractivity contribution in [3.05, 3.63) is 58.3 Å². The van der Waals surface area contributed by atoms with E-state index in [1.807, 2.05) is 42.2 Å². The van der Waals surface area contributed by atoms with E-state index in [9.17, 15) is 14.7 Å². The number of carboxylic acid groups (broad SMARTS) is 1. The highest BCUT2D eigenvalue weighted by molar-refractivity contribution is 5.85. The molecule has 1 aliphatic rings. The quantitative estimate of drug-likeness (QED) is 0.425. The molecule has 10 heteroatoms. The number of pyridine rings is 1. The lowest BCUT2D eigenvalue weighted by Crippen LogP contribution is -2.51. The van der Waals surface area contributed by atoms with Gasteiger partial charge in [0.15, 0.2) is 0 Å². The highest BCUT2D eigenvalue weighted by atomic mass is 16.4. The summed E-state index contributed by atoms with van der Waals surface area (Å²) in [6.45, 7) is 5.29. The van der Waals surface area contributed by atoms with Gasteiger partial charge in [-0.2, -0.15) is 5.10 Å². The maximum atomic E-state index is 13.7. The molecule has 1 N–H and O–H groups in total. The zero-order valence-corrected chi connectivity index (χ0v) is 20.2. The van der Waals surface area contributed by atoms with Gasteiger partial charge in [0, 0.05) is 30.2 Å². The number of imidazole rings is 1. The molecule has 1 saturated heterocycles. The Labute approximate surface area is 207 Å². The summed E-state index contributed by atoms with van der Waals surface area (Å²) in [5.74, 6) is 6.50. The summed E-state index contributed by atoms with van der Waals surface area (Å²) >= 11 is 0. The molecule has 3 aromatic heterocycles. The number of carbonyl (C=O) groups is 1. The Morgan fingerprint density at radius 1 is 1.28 bits per heavy atom. The van der Waals surface area contributed by atoms with Gasteiger partial charge in [-0.25, -0.2) is 9.67 Å². The van der Waals surface area contributed by atoms with Gasteiger partial charge in [-0.05, 0) is 38.1 Å². The summed E-state index contributed by atoms with van der Waals surface area (Å²) in [4.78, 5) is 36.1. The molecule has 0 radical (unpaired) electrons. The maximum absolute atomic E-state index is 13.7. The van der Waals surface area contributed by atoms with Gasteiger partial charge in [-0.1, -0.05) is 30.2 Å². The molecule has 0 saturated carbocycles. The van der Waals surface area contributed by atoms with Gasteiger partial charge < -0.3 is 20.1 Å². The molecule has 36 heavy (non-hydrogen) atoms. The molecule has 1 atom stereocenters. The first-order chi connectivity index (χ1) is 17.4. The van der Waals surface area contributed by atoms with Crippen LogP contribution in [0.5, 0.6) is 0 Å². The Morgan fingerprint density at radius 3 is 2.92 bits per heavy atom. The van der Waals surface area contributed by atoms with Crippen LogP contribution in [0.4, 0.5) is 10.7 Å². The van der Waals surface area contributed by atoms with Crippen molar-refractivity contribution in [2.24, 2.45) is 0 Å². The van der Waals surface area contributed by atoms with Crippen molar-refractivity contribution in [3.63, 3.8) is 0 Å². The van der Waals surface area contributed by atoms with Crippen molar-refractivity contribution < 1.29 is 9.90 Å². The van der Waals surface area contributed by atoms with Crippen molar-refractivity contribution in [1.82, 2.24) is 29.6 Å². The van der Waals surface area contributed by atoms with Crippen LogP contribution in [0.2, 0.25) is 0 Å². The van der Waals surface area contributed by atoms with Gasteiger partial charge in [0.25, 0.3) is 5.56 Å².